The van der Waals surface area contributed by atoms with Gasteiger partial charge in [0, 0.05) is 26.9 Å². The van der Waals surface area contributed by atoms with Gasteiger partial charge in [0.2, 0.25) is 12.1 Å². The van der Waals surface area contributed by atoms with Gasteiger partial charge in [-0.05, 0) is 38.1 Å². The molecule has 4 rings (SSSR count). The van der Waals surface area contributed by atoms with Crippen LogP contribution in [0.2, 0.25) is 0 Å². The number of rotatable bonds is 8. The number of imidazole rings is 1. The van der Waals surface area contributed by atoms with Crippen LogP contribution in [0.1, 0.15) is 24.3 Å². The Kier molecular flexibility index (Phi) is 7.16. The van der Waals surface area contributed by atoms with Crippen LogP contribution in [0.25, 0.3) is 5.69 Å². The number of fused-ring (bicyclic) bond motifs is 1. The second-order valence-corrected chi connectivity index (χ2v) is 9.11. The number of methoxy groups -OCH3 is 1. The summed E-state index contributed by atoms with van der Waals surface area (Å²) in [5.74, 6) is 0.344. The van der Waals surface area contributed by atoms with Gasteiger partial charge in [-0.1, -0.05) is 30.3 Å². The van der Waals surface area contributed by atoms with Crippen LogP contribution in [-0.4, -0.2) is 67.6 Å². The van der Waals surface area contributed by atoms with Gasteiger partial charge < -0.3 is 29.2 Å². The van der Waals surface area contributed by atoms with Crippen LogP contribution in [0, 0.1) is 0 Å². The Morgan fingerprint density at radius 1 is 1.11 bits per heavy atom. The molecule has 1 aromatic heterocycles. The number of ether oxygens (including phenoxy) is 4. The van der Waals surface area contributed by atoms with Gasteiger partial charge >= 0.3 is 5.97 Å². The van der Waals surface area contributed by atoms with E-state index in [9.17, 15) is 9.59 Å². The monoisotopic (exact) mass is 494 g/mol. The molecule has 2 heterocycles. The Labute approximate surface area is 209 Å². The number of hydrogen-bond acceptors (Lipinski definition) is 8. The fourth-order valence-electron chi connectivity index (χ4n) is 3.83. The van der Waals surface area contributed by atoms with Crippen molar-refractivity contribution in [3.8, 4) is 17.2 Å². The Balaban J connectivity index is 1.72. The molecule has 0 saturated heterocycles. The molecule has 2 aromatic carbocycles. The lowest BCUT2D eigenvalue weighted by Crippen LogP contribution is -2.40. The summed E-state index contributed by atoms with van der Waals surface area (Å²) in [6.45, 7) is 3.69. The zero-order valence-corrected chi connectivity index (χ0v) is 21.0. The molecule has 0 spiro atoms. The summed E-state index contributed by atoms with van der Waals surface area (Å²) in [4.78, 5) is 33.1. The third kappa shape index (κ3) is 5.28. The van der Waals surface area contributed by atoms with E-state index >= 15 is 0 Å². The third-order valence-electron chi connectivity index (χ3n) is 5.37. The number of esters is 1. The van der Waals surface area contributed by atoms with Crippen LogP contribution in [-0.2, 0) is 14.3 Å². The summed E-state index contributed by atoms with van der Waals surface area (Å²) < 4.78 is 24.1. The molecule has 1 N–H and O–H groups in total. The number of nitrogens with one attached hydrogen (secondary N) is 1. The number of carbonyl (C=O) groups excluding carboxylic acids is 2. The Hall–Kier alpha value is -4.05. The van der Waals surface area contributed by atoms with Crippen molar-refractivity contribution in [3.05, 3.63) is 60.3 Å². The topological polar surface area (TPSA) is 104 Å². The lowest BCUT2D eigenvalue weighted by atomic mass is 10.1. The van der Waals surface area contributed by atoms with Crippen molar-refractivity contribution in [1.29, 1.82) is 0 Å². The fourth-order valence-corrected chi connectivity index (χ4v) is 3.83. The average molecular weight is 495 g/mol. The van der Waals surface area contributed by atoms with E-state index in [1.54, 1.807) is 55.6 Å². The molecule has 0 fully saturated rings. The van der Waals surface area contributed by atoms with Gasteiger partial charge in [0.1, 0.15) is 12.2 Å². The first-order valence-corrected chi connectivity index (χ1v) is 11.5. The van der Waals surface area contributed by atoms with Crippen molar-refractivity contribution in [2.75, 3.05) is 44.6 Å². The van der Waals surface area contributed by atoms with Crippen LogP contribution in [0.4, 0.5) is 11.8 Å². The van der Waals surface area contributed by atoms with E-state index in [2.05, 4.69) is 10.3 Å². The fraction of sp³-hybridized carbons (Fsp3) is 0.346. The standard InChI is InChI=1S/C26H30N4O6/c1-26(2,16-33-5)36-24(32)21-22(28-25(29(3)4)30(21)17-11-7-6-8-12-17)27-23(31)20-15-34-18-13-9-10-14-19(18)35-20/h6-14,20H,15-16H2,1-5H3,(H,27,31). The van der Waals surface area contributed by atoms with Gasteiger partial charge in [0.15, 0.2) is 23.0 Å². The molecular formula is C26H30N4O6. The number of anilines is 2. The van der Waals surface area contributed by atoms with E-state index in [1.807, 2.05) is 36.4 Å². The second kappa shape index (κ2) is 10.3. The largest absolute Gasteiger partial charge is 0.485 e. The molecule has 1 aliphatic heterocycles. The summed E-state index contributed by atoms with van der Waals surface area (Å²) in [6, 6.07) is 16.4. The smallest absolute Gasteiger partial charge is 0.359 e. The minimum atomic E-state index is -0.932. The predicted octanol–water partition coefficient (Wildman–Crippen LogP) is 3.30. The first-order valence-electron chi connectivity index (χ1n) is 11.5. The van der Waals surface area contributed by atoms with Gasteiger partial charge in [-0.2, -0.15) is 4.98 Å². The number of hydrogen-bond donors (Lipinski definition) is 1. The lowest BCUT2D eigenvalue weighted by Gasteiger charge is -2.26. The molecule has 36 heavy (non-hydrogen) atoms. The molecule has 0 radical (unpaired) electrons. The first-order chi connectivity index (χ1) is 17.2. The number of benzene rings is 2. The van der Waals surface area contributed by atoms with Crippen LogP contribution >= 0.6 is 0 Å². The summed E-state index contributed by atoms with van der Waals surface area (Å²) in [5.41, 5.74) is -0.169. The number of para-hydroxylation sites is 3. The zero-order valence-electron chi connectivity index (χ0n) is 21.0. The van der Waals surface area contributed by atoms with E-state index in [4.69, 9.17) is 18.9 Å². The highest BCUT2D eigenvalue weighted by Crippen LogP contribution is 2.32. The van der Waals surface area contributed by atoms with E-state index in [0.29, 0.717) is 23.1 Å². The van der Waals surface area contributed by atoms with Gasteiger partial charge in [0.05, 0.1) is 6.61 Å². The molecule has 1 atom stereocenters. The van der Waals surface area contributed by atoms with Crippen LogP contribution < -0.4 is 19.7 Å². The number of amides is 1. The maximum absolute atomic E-state index is 13.5. The Bertz CT molecular complexity index is 1240. The quantitative estimate of drug-likeness (QED) is 0.476. The van der Waals surface area contributed by atoms with Crippen molar-refractivity contribution in [3.63, 3.8) is 0 Å². The molecular weight excluding hydrogens is 464 g/mol. The summed E-state index contributed by atoms with van der Waals surface area (Å²) in [5, 5.41) is 2.76. The summed E-state index contributed by atoms with van der Waals surface area (Å²) in [7, 11) is 5.13. The van der Waals surface area contributed by atoms with Crippen molar-refractivity contribution in [2.24, 2.45) is 0 Å². The highest BCUT2D eigenvalue weighted by Gasteiger charge is 2.34. The van der Waals surface area contributed by atoms with Gasteiger partial charge in [-0.15, -0.1) is 0 Å². The van der Waals surface area contributed by atoms with Crippen molar-refractivity contribution >= 4 is 23.6 Å². The number of carbonyl (C=O) groups is 2. The van der Waals surface area contributed by atoms with Crippen LogP contribution in [0.5, 0.6) is 11.5 Å². The van der Waals surface area contributed by atoms with Gasteiger partial charge in [0.25, 0.3) is 5.91 Å². The summed E-state index contributed by atoms with van der Waals surface area (Å²) >= 11 is 0. The first kappa shape index (κ1) is 25.1. The van der Waals surface area contributed by atoms with E-state index in [1.165, 1.54) is 7.11 Å². The van der Waals surface area contributed by atoms with Crippen molar-refractivity contribution in [2.45, 2.75) is 25.6 Å². The van der Waals surface area contributed by atoms with Gasteiger partial charge in [-0.25, -0.2) is 4.79 Å². The molecule has 1 amide bonds. The Morgan fingerprint density at radius 3 is 2.44 bits per heavy atom. The predicted molar refractivity (Wildman–Crippen MR) is 134 cm³/mol. The summed E-state index contributed by atoms with van der Waals surface area (Å²) in [6.07, 6.45) is -0.932. The maximum Gasteiger partial charge on any atom is 0.359 e. The molecule has 190 valence electrons. The SMILES string of the molecule is COCC(C)(C)OC(=O)c1c(NC(=O)C2COc3ccccc3O2)nc(N(C)C)n1-c1ccccc1. The van der Waals surface area contributed by atoms with Crippen LogP contribution in [0.3, 0.4) is 0 Å². The normalized spacial score (nSPS) is 14.8. The number of aromatic nitrogens is 2. The third-order valence-corrected chi connectivity index (χ3v) is 5.37. The highest BCUT2D eigenvalue weighted by atomic mass is 16.6. The minimum absolute atomic E-state index is 0.0173. The minimum Gasteiger partial charge on any atom is -0.485 e. The molecule has 0 bridgehead atoms. The van der Waals surface area contributed by atoms with E-state index in [-0.39, 0.29) is 24.7 Å². The van der Waals surface area contributed by atoms with Gasteiger partial charge in [-0.3, -0.25) is 9.36 Å². The van der Waals surface area contributed by atoms with Crippen molar-refractivity contribution < 1.29 is 28.5 Å². The zero-order chi connectivity index (χ0) is 25.9. The van der Waals surface area contributed by atoms with Crippen LogP contribution in [0.15, 0.2) is 54.6 Å². The average Bonchev–Trinajstić information content (AvgIpc) is 3.23. The molecule has 3 aromatic rings. The van der Waals surface area contributed by atoms with E-state index in [0.717, 1.165) is 0 Å². The molecule has 10 heteroatoms. The molecule has 0 saturated carbocycles. The van der Waals surface area contributed by atoms with Crippen molar-refractivity contribution in [1.82, 2.24) is 9.55 Å². The van der Waals surface area contributed by atoms with E-state index < -0.39 is 23.6 Å². The maximum atomic E-state index is 13.5. The molecule has 0 aliphatic carbocycles. The molecule has 1 unspecified atom stereocenters. The molecule has 10 nitrogen and oxygen atoms in total. The highest BCUT2D eigenvalue weighted by molar-refractivity contribution is 6.02. The lowest BCUT2D eigenvalue weighted by molar-refractivity contribution is -0.125. The Morgan fingerprint density at radius 2 is 1.78 bits per heavy atom. The molecule has 1 aliphatic rings. The second-order valence-electron chi connectivity index (χ2n) is 9.11. The number of nitrogens with zero attached hydrogens (tertiary/aromatic N) is 3.